The van der Waals surface area contributed by atoms with Gasteiger partial charge in [0.15, 0.2) is 0 Å². The first-order valence-electron chi connectivity index (χ1n) is 4.33. The molecule has 1 aromatic heterocycles. The number of pyridine rings is 1. The van der Waals surface area contributed by atoms with Gasteiger partial charge in [-0.25, -0.2) is 4.98 Å². The summed E-state index contributed by atoms with van der Waals surface area (Å²) in [5, 5.41) is 3.32. The molecule has 0 radical (unpaired) electrons. The summed E-state index contributed by atoms with van der Waals surface area (Å²) in [6.07, 6.45) is 1.84. The molecule has 0 aromatic carbocycles. The van der Waals surface area contributed by atoms with Gasteiger partial charge in [0, 0.05) is 32.4 Å². The van der Waals surface area contributed by atoms with Crippen LogP contribution in [-0.2, 0) is 0 Å². The highest BCUT2D eigenvalue weighted by Gasteiger charge is 2.09. The van der Waals surface area contributed by atoms with Crippen molar-refractivity contribution >= 4 is 22.8 Å². The summed E-state index contributed by atoms with van der Waals surface area (Å²) in [5.41, 5.74) is 0. The second-order valence-corrected chi connectivity index (χ2v) is 2.92. The Balaban J connectivity index is 0.000000845. The molecule has 0 unspecified atom stereocenters. The van der Waals surface area contributed by atoms with E-state index in [1.165, 1.54) is 0 Å². The summed E-state index contributed by atoms with van der Waals surface area (Å²) in [4.78, 5) is 6.60. The van der Waals surface area contributed by atoms with Gasteiger partial charge in [-0.3, -0.25) is 0 Å². The molecule has 13 heavy (non-hydrogen) atoms. The second kappa shape index (κ2) is 5.19. The lowest BCUT2D eigenvalue weighted by Crippen LogP contribution is -2.43. The average Bonchev–Trinajstić information content (AvgIpc) is 2.21. The van der Waals surface area contributed by atoms with Gasteiger partial charge in [-0.1, -0.05) is 6.07 Å². The molecule has 2 rings (SSSR count). The number of hydrogen-bond donors (Lipinski definition) is 1. The molecule has 1 fully saturated rings. The molecule has 0 bridgehead atoms. The van der Waals surface area contributed by atoms with Crippen molar-refractivity contribution in [1.82, 2.24) is 10.3 Å². The maximum absolute atomic E-state index is 4.30. The molecule has 1 aliphatic heterocycles. The predicted molar refractivity (Wildman–Crippen MR) is 59.6 cm³/mol. The van der Waals surface area contributed by atoms with Crippen LogP contribution in [0.2, 0.25) is 0 Å². The van der Waals surface area contributed by atoms with Crippen LogP contribution in [0.15, 0.2) is 24.4 Å². The number of aromatic nitrogens is 1. The second-order valence-electron chi connectivity index (χ2n) is 2.92. The van der Waals surface area contributed by atoms with Gasteiger partial charge >= 0.3 is 0 Å². The van der Waals surface area contributed by atoms with E-state index in [1.807, 2.05) is 18.3 Å². The number of anilines is 1. The van der Waals surface area contributed by atoms with Gasteiger partial charge in [-0.15, -0.1) is 17.0 Å². The van der Waals surface area contributed by atoms with Crippen molar-refractivity contribution < 1.29 is 0 Å². The Morgan fingerprint density at radius 1 is 1.23 bits per heavy atom. The number of nitrogens with one attached hydrogen (secondary N) is 1. The third kappa shape index (κ3) is 2.67. The van der Waals surface area contributed by atoms with E-state index in [9.17, 15) is 0 Å². The minimum absolute atomic E-state index is 0. The number of hydrogen-bond acceptors (Lipinski definition) is 3. The quantitative estimate of drug-likeness (QED) is 0.800. The molecule has 1 N–H and O–H groups in total. The van der Waals surface area contributed by atoms with Crippen LogP contribution in [0.25, 0.3) is 0 Å². The molecule has 1 saturated heterocycles. The summed E-state index contributed by atoms with van der Waals surface area (Å²) in [5.74, 6) is 1.10. The van der Waals surface area contributed by atoms with Crippen molar-refractivity contribution in [3.63, 3.8) is 0 Å². The summed E-state index contributed by atoms with van der Waals surface area (Å²) in [6, 6.07) is 6.04. The van der Waals surface area contributed by atoms with Gasteiger partial charge in [0.25, 0.3) is 0 Å². The molecule has 0 saturated carbocycles. The number of piperazine rings is 1. The van der Waals surface area contributed by atoms with E-state index in [2.05, 4.69) is 21.3 Å². The zero-order valence-corrected chi connectivity index (χ0v) is 9.15. The van der Waals surface area contributed by atoms with Gasteiger partial charge in [0.1, 0.15) is 5.82 Å². The summed E-state index contributed by atoms with van der Waals surface area (Å²) < 4.78 is 0. The molecular weight excluding hydrogens is 230 g/mol. The topological polar surface area (TPSA) is 28.2 Å². The Labute approximate surface area is 88.9 Å². The van der Waals surface area contributed by atoms with Gasteiger partial charge in [0.2, 0.25) is 0 Å². The van der Waals surface area contributed by atoms with Crippen molar-refractivity contribution in [3.05, 3.63) is 24.4 Å². The Bertz CT molecular complexity index is 234. The third-order valence-electron chi connectivity index (χ3n) is 2.09. The Hall–Kier alpha value is -0.610. The van der Waals surface area contributed by atoms with E-state index >= 15 is 0 Å². The summed E-state index contributed by atoms with van der Waals surface area (Å²) in [6.45, 7) is 4.27. The van der Waals surface area contributed by atoms with Crippen molar-refractivity contribution in [3.8, 4) is 0 Å². The maximum atomic E-state index is 4.30. The highest BCUT2D eigenvalue weighted by molar-refractivity contribution is 8.93. The van der Waals surface area contributed by atoms with Crippen LogP contribution >= 0.6 is 17.0 Å². The molecular formula is C9H14BrN3. The first-order chi connectivity index (χ1) is 5.97. The highest BCUT2D eigenvalue weighted by Crippen LogP contribution is 2.08. The molecule has 0 aliphatic carbocycles. The van der Waals surface area contributed by atoms with Crippen LogP contribution < -0.4 is 10.2 Å². The van der Waals surface area contributed by atoms with Crippen molar-refractivity contribution in [2.75, 3.05) is 31.1 Å². The fourth-order valence-electron chi connectivity index (χ4n) is 1.43. The zero-order chi connectivity index (χ0) is 8.23. The Morgan fingerprint density at radius 2 is 2.00 bits per heavy atom. The SMILES string of the molecule is Br.c1ccc(N2CCNCC2)nc1. The molecule has 72 valence electrons. The molecule has 3 nitrogen and oxygen atoms in total. The molecule has 1 aromatic rings. The lowest BCUT2D eigenvalue weighted by molar-refractivity contribution is 0.585. The van der Waals surface area contributed by atoms with E-state index in [-0.39, 0.29) is 17.0 Å². The fraction of sp³-hybridized carbons (Fsp3) is 0.444. The van der Waals surface area contributed by atoms with Crippen LogP contribution in [0.5, 0.6) is 0 Å². The summed E-state index contributed by atoms with van der Waals surface area (Å²) in [7, 11) is 0. The lowest BCUT2D eigenvalue weighted by Gasteiger charge is -2.28. The van der Waals surface area contributed by atoms with Crippen LogP contribution in [-0.4, -0.2) is 31.2 Å². The minimum atomic E-state index is 0. The number of nitrogens with zero attached hydrogens (tertiary/aromatic N) is 2. The first kappa shape index (κ1) is 10.5. The monoisotopic (exact) mass is 243 g/mol. The zero-order valence-electron chi connectivity index (χ0n) is 7.44. The standard InChI is InChI=1S/C9H13N3.BrH/c1-2-4-11-9(3-1)12-7-5-10-6-8-12;/h1-4,10H,5-8H2;1H. The van der Waals surface area contributed by atoms with Gasteiger partial charge in [-0.05, 0) is 12.1 Å². The Morgan fingerprint density at radius 3 is 2.62 bits per heavy atom. The molecule has 0 atom stereocenters. The van der Waals surface area contributed by atoms with Crippen molar-refractivity contribution in [2.45, 2.75) is 0 Å². The minimum Gasteiger partial charge on any atom is -0.354 e. The number of halogens is 1. The van der Waals surface area contributed by atoms with Gasteiger partial charge in [-0.2, -0.15) is 0 Å². The third-order valence-corrected chi connectivity index (χ3v) is 2.09. The molecule has 4 heteroatoms. The fourth-order valence-corrected chi connectivity index (χ4v) is 1.43. The van der Waals surface area contributed by atoms with Crippen molar-refractivity contribution in [1.29, 1.82) is 0 Å². The molecule has 0 amide bonds. The average molecular weight is 244 g/mol. The lowest BCUT2D eigenvalue weighted by atomic mass is 10.3. The molecule has 1 aliphatic rings. The first-order valence-corrected chi connectivity index (χ1v) is 4.33. The van der Waals surface area contributed by atoms with E-state index in [0.717, 1.165) is 32.0 Å². The molecule has 0 spiro atoms. The van der Waals surface area contributed by atoms with Crippen LogP contribution in [0.4, 0.5) is 5.82 Å². The van der Waals surface area contributed by atoms with Crippen molar-refractivity contribution in [2.24, 2.45) is 0 Å². The predicted octanol–water partition coefficient (Wildman–Crippen LogP) is 1.07. The largest absolute Gasteiger partial charge is 0.354 e. The van der Waals surface area contributed by atoms with Gasteiger partial charge in [0.05, 0.1) is 0 Å². The van der Waals surface area contributed by atoms with Crippen LogP contribution in [0, 0.1) is 0 Å². The van der Waals surface area contributed by atoms with E-state index < -0.39 is 0 Å². The van der Waals surface area contributed by atoms with Crippen LogP contribution in [0.1, 0.15) is 0 Å². The van der Waals surface area contributed by atoms with E-state index in [4.69, 9.17) is 0 Å². The number of rotatable bonds is 1. The summed E-state index contributed by atoms with van der Waals surface area (Å²) >= 11 is 0. The smallest absolute Gasteiger partial charge is 0.128 e. The maximum Gasteiger partial charge on any atom is 0.128 e. The highest BCUT2D eigenvalue weighted by atomic mass is 79.9. The molecule has 2 heterocycles. The van der Waals surface area contributed by atoms with E-state index in [1.54, 1.807) is 0 Å². The van der Waals surface area contributed by atoms with E-state index in [0.29, 0.717) is 0 Å². The van der Waals surface area contributed by atoms with Gasteiger partial charge < -0.3 is 10.2 Å². The van der Waals surface area contributed by atoms with Crippen LogP contribution in [0.3, 0.4) is 0 Å². The normalized spacial score (nSPS) is 16.5. The Kier molecular flexibility index (Phi) is 4.18.